The number of carbonyl (C=O) groups is 1. The van der Waals surface area contributed by atoms with Crippen molar-refractivity contribution in [1.29, 1.82) is 0 Å². The molecule has 0 bridgehead atoms. The topological polar surface area (TPSA) is 41.1 Å². The van der Waals surface area contributed by atoms with Crippen molar-refractivity contribution in [3.63, 3.8) is 0 Å². The average molecular weight is 353 g/mol. The molecule has 0 fully saturated rings. The maximum absolute atomic E-state index is 12.8. The maximum Gasteiger partial charge on any atom is 0.256 e. The van der Waals surface area contributed by atoms with Gasteiger partial charge in [-0.25, -0.2) is 0 Å². The van der Waals surface area contributed by atoms with Crippen molar-refractivity contribution in [2.75, 3.05) is 5.32 Å². The number of thiophene rings is 1. The number of nitrogens with one attached hydrogen (secondary N) is 2. The summed E-state index contributed by atoms with van der Waals surface area (Å²) in [5.41, 5.74) is 4.46. The summed E-state index contributed by atoms with van der Waals surface area (Å²) in [6, 6.07) is 10.2. The van der Waals surface area contributed by atoms with E-state index in [0.717, 1.165) is 40.5 Å². The highest BCUT2D eigenvalue weighted by Crippen LogP contribution is 2.42. The van der Waals surface area contributed by atoms with Crippen molar-refractivity contribution >= 4 is 28.3 Å². The monoisotopic (exact) mass is 352 g/mol. The molecule has 4 heteroatoms. The van der Waals surface area contributed by atoms with Gasteiger partial charge in [0, 0.05) is 4.88 Å². The smallest absolute Gasteiger partial charge is 0.256 e. The number of hydrogen-bond donors (Lipinski definition) is 2. The lowest BCUT2D eigenvalue weighted by Gasteiger charge is -2.27. The van der Waals surface area contributed by atoms with Gasteiger partial charge in [0.15, 0.2) is 0 Å². The summed E-state index contributed by atoms with van der Waals surface area (Å²) in [6.07, 6.45) is 6.59. The summed E-state index contributed by atoms with van der Waals surface area (Å²) in [5.74, 6) is 0.846. The van der Waals surface area contributed by atoms with Crippen molar-refractivity contribution in [2.45, 2.75) is 45.7 Å². The SMILES string of the molecule is CC[C@@H]1CCc2c(sc3c2C(=O)N[C@H](/C(C)=C/c2ccccc2)N3)C1. The molecule has 130 valence electrons. The van der Waals surface area contributed by atoms with Crippen LogP contribution in [-0.4, -0.2) is 12.1 Å². The second-order valence-electron chi connectivity index (χ2n) is 7.07. The van der Waals surface area contributed by atoms with Crippen LogP contribution < -0.4 is 10.6 Å². The Morgan fingerprint density at radius 1 is 1.28 bits per heavy atom. The van der Waals surface area contributed by atoms with Gasteiger partial charge in [0.05, 0.1) is 5.56 Å². The van der Waals surface area contributed by atoms with E-state index in [1.165, 1.54) is 23.3 Å². The first-order valence-corrected chi connectivity index (χ1v) is 9.92. The third kappa shape index (κ3) is 3.11. The molecule has 2 atom stereocenters. The Kier molecular flexibility index (Phi) is 4.38. The fourth-order valence-electron chi connectivity index (χ4n) is 3.84. The van der Waals surface area contributed by atoms with E-state index in [1.54, 1.807) is 11.3 Å². The van der Waals surface area contributed by atoms with Gasteiger partial charge in [0.1, 0.15) is 11.2 Å². The van der Waals surface area contributed by atoms with Gasteiger partial charge in [0.25, 0.3) is 5.91 Å². The van der Waals surface area contributed by atoms with Crippen LogP contribution in [0.4, 0.5) is 5.00 Å². The molecule has 4 rings (SSSR count). The normalized spacial score (nSPS) is 22.6. The summed E-state index contributed by atoms with van der Waals surface area (Å²) in [7, 11) is 0. The highest BCUT2D eigenvalue weighted by atomic mass is 32.1. The maximum atomic E-state index is 12.8. The Morgan fingerprint density at radius 3 is 2.84 bits per heavy atom. The Morgan fingerprint density at radius 2 is 2.08 bits per heavy atom. The van der Waals surface area contributed by atoms with E-state index < -0.39 is 0 Å². The van der Waals surface area contributed by atoms with E-state index in [4.69, 9.17) is 0 Å². The van der Waals surface area contributed by atoms with Gasteiger partial charge >= 0.3 is 0 Å². The quantitative estimate of drug-likeness (QED) is 0.829. The first kappa shape index (κ1) is 16.4. The number of amides is 1. The number of benzene rings is 1. The van der Waals surface area contributed by atoms with E-state index in [2.05, 4.69) is 42.7 Å². The highest BCUT2D eigenvalue weighted by molar-refractivity contribution is 7.16. The van der Waals surface area contributed by atoms with Crippen LogP contribution >= 0.6 is 11.3 Å². The highest BCUT2D eigenvalue weighted by Gasteiger charge is 2.33. The molecule has 1 aliphatic heterocycles. The molecule has 25 heavy (non-hydrogen) atoms. The van der Waals surface area contributed by atoms with E-state index >= 15 is 0 Å². The second-order valence-corrected chi connectivity index (χ2v) is 8.18. The zero-order chi connectivity index (χ0) is 17.4. The van der Waals surface area contributed by atoms with Crippen molar-refractivity contribution in [1.82, 2.24) is 5.32 Å². The van der Waals surface area contributed by atoms with Crippen LogP contribution in [0, 0.1) is 5.92 Å². The number of rotatable bonds is 3. The van der Waals surface area contributed by atoms with E-state index in [1.807, 2.05) is 18.2 Å². The molecular formula is C21H24N2OS. The predicted molar refractivity (Wildman–Crippen MR) is 105 cm³/mol. The lowest BCUT2D eigenvalue weighted by molar-refractivity contribution is 0.0941. The van der Waals surface area contributed by atoms with Crippen LogP contribution in [-0.2, 0) is 12.8 Å². The lowest BCUT2D eigenvalue weighted by Crippen LogP contribution is -2.45. The molecule has 2 aliphatic rings. The molecule has 2 heterocycles. The molecule has 3 nitrogen and oxygen atoms in total. The Bertz CT molecular complexity index is 822. The third-order valence-corrected chi connectivity index (χ3v) is 6.56. The van der Waals surface area contributed by atoms with Crippen LogP contribution in [0.25, 0.3) is 6.08 Å². The standard InChI is InChI=1S/C21H24N2OS/c1-3-14-9-10-16-17(12-14)25-21-18(16)20(24)22-19(23-21)13(2)11-15-7-5-4-6-8-15/h4-8,11,14,19,23H,3,9-10,12H2,1-2H3,(H,22,24)/b13-11+/t14-,19+/m1/s1. The van der Waals surface area contributed by atoms with Crippen LogP contribution in [0.3, 0.4) is 0 Å². The van der Waals surface area contributed by atoms with Gasteiger partial charge < -0.3 is 10.6 Å². The van der Waals surface area contributed by atoms with E-state index in [0.29, 0.717) is 0 Å². The summed E-state index contributed by atoms with van der Waals surface area (Å²) < 4.78 is 0. The van der Waals surface area contributed by atoms with Gasteiger partial charge in [-0.05, 0) is 48.8 Å². The molecule has 0 saturated carbocycles. The van der Waals surface area contributed by atoms with Crippen LogP contribution in [0.5, 0.6) is 0 Å². The Labute approximate surface area is 153 Å². The van der Waals surface area contributed by atoms with Crippen molar-refractivity contribution < 1.29 is 4.79 Å². The summed E-state index contributed by atoms with van der Waals surface area (Å²) in [6.45, 7) is 4.33. The minimum atomic E-state index is -0.137. The number of carbonyl (C=O) groups excluding carboxylic acids is 1. The van der Waals surface area contributed by atoms with Gasteiger partial charge in [-0.15, -0.1) is 11.3 Å². The van der Waals surface area contributed by atoms with Gasteiger partial charge in [-0.1, -0.05) is 49.8 Å². The zero-order valence-electron chi connectivity index (χ0n) is 14.8. The number of hydrogen-bond acceptors (Lipinski definition) is 3. The lowest BCUT2D eigenvalue weighted by atomic mass is 9.85. The van der Waals surface area contributed by atoms with Crippen LogP contribution in [0.2, 0.25) is 0 Å². The van der Waals surface area contributed by atoms with E-state index in [9.17, 15) is 4.79 Å². The van der Waals surface area contributed by atoms with Crippen LogP contribution in [0.15, 0.2) is 35.9 Å². The molecule has 1 aromatic heterocycles. The fourth-order valence-corrected chi connectivity index (χ4v) is 5.23. The second kappa shape index (κ2) is 6.68. The van der Waals surface area contributed by atoms with Crippen molar-refractivity contribution in [3.05, 3.63) is 57.5 Å². The summed E-state index contributed by atoms with van der Waals surface area (Å²) in [5, 5.41) is 7.75. The molecule has 1 aromatic carbocycles. The summed E-state index contributed by atoms with van der Waals surface area (Å²) in [4.78, 5) is 14.2. The molecule has 2 aromatic rings. The molecular weight excluding hydrogens is 328 g/mol. The van der Waals surface area contributed by atoms with Gasteiger partial charge in [0.2, 0.25) is 0 Å². The van der Waals surface area contributed by atoms with E-state index in [-0.39, 0.29) is 12.1 Å². The Balaban J connectivity index is 1.61. The third-order valence-electron chi connectivity index (χ3n) is 5.37. The van der Waals surface area contributed by atoms with Crippen molar-refractivity contribution in [3.8, 4) is 0 Å². The van der Waals surface area contributed by atoms with Crippen molar-refractivity contribution in [2.24, 2.45) is 5.92 Å². The first-order valence-electron chi connectivity index (χ1n) is 9.11. The van der Waals surface area contributed by atoms with Crippen LogP contribution in [0.1, 0.15) is 53.1 Å². The number of fused-ring (bicyclic) bond motifs is 3. The van der Waals surface area contributed by atoms with Gasteiger partial charge in [-0.2, -0.15) is 0 Å². The minimum absolute atomic E-state index is 0.0759. The minimum Gasteiger partial charge on any atom is -0.353 e. The molecule has 1 amide bonds. The van der Waals surface area contributed by atoms with Gasteiger partial charge in [-0.3, -0.25) is 4.79 Å². The predicted octanol–water partition coefficient (Wildman–Crippen LogP) is 4.85. The molecule has 0 radical (unpaired) electrons. The molecule has 0 unspecified atom stereocenters. The molecule has 2 N–H and O–H groups in total. The largest absolute Gasteiger partial charge is 0.353 e. The average Bonchev–Trinajstić information content (AvgIpc) is 3.00. The zero-order valence-corrected chi connectivity index (χ0v) is 15.6. The first-order chi connectivity index (χ1) is 12.2. The Hall–Kier alpha value is -2.07. The summed E-state index contributed by atoms with van der Waals surface area (Å²) >= 11 is 1.79. The molecule has 0 saturated heterocycles. The fraction of sp³-hybridized carbons (Fsp3) is 0.381. The molecule has 1 aliphatic carbocycles. The number of anilines is 1. The molecule has 0 spiro atoms.